The van der Waals surface area contributed by atoms with E-state index in [0.717, 1.165) is 50.4 Å². The molecule has 1 heterocycles. The molecule has 3 rings (SSSR count). The van der Waals surface area contributed by atoms with Crippen LogP contribution >= 0.6 is 0 Å². The molecule has 3 heteroatoms. The van der Waals surface area contributed by atoms with Crippen molar-refractivity contribution < 1.29 is 9.53 Å². The van der Waals surface area contributed by atoms with Gasteiger partial charge in [-0.05, 0) is 41.8 Å². The van der Waals surface area contributed by atoms with Crippen LogP contribution in [0.3, 0.4) is 0 Å². The standard InChI is InChI=1S/C21H25NO2/c1-2-3-14-24-20-10-8-17(9-11-20)21(23)12-13-22-15-18-6-4-5-7-19(18)16-22/h4-11H,2-3,12-16H2,1H3. The minimum Gasteiger partial charge on any atom is -0.494 e. The molecule has 0 amide bonds. The van der Waals surface area contributed by atoms with Gasteiger partial charge in [0.2, 0.25) is 0 Å². The lowest BCUT2D eigenvalue weighted by molar-refractivity contribution is 0.0963. The molecule has 126 valence electrons. The first-order chi connectivity index (χ1) is 11.8. The first kappa shape index (κ1) is 16.7. The summed E-state index contributed by atoms with van der Waals surface area (Å²) in [7, 11) is 0. The maximum Gasteiger partial charge on any atom is 0.164 e. The van der Waals surface area contributed by atoms with E-state index >= 15 is 0 Å². The van der Waals surface area contributed by atoms with Crippen molar-refractivity contribution in [1.82, 2.24) is 4.90 Å². The average molecular weight is 323 g/mol. The first-order valence-corrected chi connectivity index (χ1v) is 8.81. The van der Waals surface area contributed by atoms with Crippen molar-refractivity contribution in [3.8, 4) is 5.75 Å². The highest BCUT2D eigenvalue weighted by atomic mass is 16.5. The third-order valence-electron chi connectivity index (χ3n) is 4.50. The van der Waals surface area contributed by atoms with Gasteiger partial charge in [0.05, 0.1) is 6.61 Å². The zero-order valence-electron chi connectivity index (χ0n) is 14.3. The van der Waals surface area contributed by atoms with E-state index in [0.29, 0.717) is 6.42 Å². The van der Waals surface area contributed by atoms with Crippen LogP contribution in [0.15, 0.2) is 48.5 Å². The summed E-state index contributed by atoms with van der Waals surface area (Å²) in [5.74, 6) is 1.04. The second-order valence-corrected chi connectivity index (χ2v) is 6.38. The number of carbonyl (C=O) groups is 1. The van der Waals surface area contributed by atoms with Crippen LogP contribution in [0.5, 0.6) is 5.75 Å². The maximum absolute atomic E-state index is 12.4. The molecule has 0 atom stereocenters. The number of nitrogens with zero attached hydrogens (tertiary/aromatic N) is 1. The molecule has 2 aromatic rings. The largest absolute Gasteiger partial charge is 0.494 e. The fraction of sp³-hybridized carbons (Fsp3) is 0.381. The van der Waals surface area contributed by atoms with Gasteiger partial charge in [0.1, 0.15) is 5.75 Å². The van der Waals surface area contributed by atoms with Gasteiger partial charge in [-0.25, -0.2) is 0 Å². The molecule has 0 radical (unpaired) electrons. The molecular formula is C21H25NO2. The van der Waals surface area contributed by atoms with Crippen LogP contribution < -0.4 is 4.74 Å². The zero-order chi connectivity index (χ0) is 16.8. The number of hydrogen-bond acceptors (Lipinski definition) is 3. The van der Waals surface area contributed by atoms with Crippen molar-refractivity contribution in [1.29, 1.82) is 0 Å². The van der Waals surface area contributed by atoms with Crippen LogP contribution in [-0.2, 0) is 13.1 Å². The predicted molar refractivity (Wildman–Crippen MR) is 96.3 cm³/mol. The third-order valence-corrected chi connectivity index (χ3v) is 4.50. The lowest BCUT2D eigenvalue weighted by Gasteiger charge is -2.14. The van der Waals surface area contributed by atoms with Crippen LogP contribution in [0.2, 0.25) is 0 Å². The van der Waals surface area contributed by atoms with Gasteiger partial charge in [0.25, 0.3) is 0 Å². The number of carbonyl (C=O) groups excluding carboxylic acids is 1. The summed E-state index contributed by atoms with van der Waals surface area (Å²) in [6, 6.07) is 16.1. The van der Waals surface area contributed by atoms with E-state index in [1.807, 2.05) is 24.3 Å². The monoisotopic (exact) mass is 323 g/mol. The van der Waals surface area contributed by atoms with Gasteiger partial charge in [0.15, 0.2) is 5.78 Å². The molecule has 0 N–H and O–H groups in total. The maximum atomic E-state index is 12.4. The minimum atomic E-state index is 0.200. The molecular weight excluding hydrogens is 298 g/mol. The highest BCUT2D eigenvalue weighted by Crippen LogP contribution is 2.22. The molecule has 1 aliphatic rings. The number of Topliss-reactive ketones (excluding diaryl/α,β-unsaturated/α-hetero) is 1. The van der Waals surface area contributed by atoms with Crippen molar-refractivity contribution in [2.24, 2.45) is 0 Å². The number of unbranched alkanes of at least 4 members (excludes halogenated alkanes) is 1. The van der Waals surface area contributed by atoms with Crippen molar-refractivity contribution in [2.45, 2.75) is 39.3 Å². The smallest absolute Gasteiger partial charge is 0.164 e. The Morgan fingerprint density at radius 2 is 1.71 bits per heavy atom. The molecule has 0 spiro atoms. The summed E-state index contributed by atoms with van der Waals surface area (Å²) in [5, 5.41) is 0. The zero-order valence-corrected chi connectivity index (χ0v) is 14.3. The van der Waals surface area contributed by atoms with Crippen molar-refractivity contribution in [3.05, 3.63) is 65.2 Å². The molecule has 24 heavy (non-hydrogen) atoms. The number of rotatable bonds is 8. The van der Waals surface area contributed by atoms with Gasteiger partial charge < -0.3 is 4.74 Å². The van der Waals surface area contributed by atoms with Crippen molar-refractivity contribution >= 4 is 5.78 Å². The molecule has 0 aromatic heterocycles. The minimum absolute atomic E-state index is 0.200. The summed E-state index contributed by atoms with van der Waals surface area (Å²) < 4.78 is 5.64. The Morgan fingerprint density at radius 1 is 1.04 bits per heavy atom. The molecule has 0 fully saturated rings. The highest BCUT2D eigenvalue weighted by Gasteiger charge is 2.18. The van der Waals surface area contributed by atoms with E-state index in [2.05, 4.69) is 36.1 Å². The fourth-order valence-electron chi connectivity index (χ4n) is 3.04. The molecule has 1 aliphatic heterocycles. The highest BCUT2D eigenvalue weighted by molar-refractivity contribution is 5.96. The molecule has 3 nitrogen and oxygen atoms in total. The van der Waals surface area contributed by atoms with Crippen LogP contribution in [0, 0.1) is 0 Å². The average Bonchev–Trinajstić information content (AvgIpc) is 3.03. The quantitative estimate of drug-likeness (QED) is 0.531. The lowest BCUT2D eigenvalue weighted by atomic mass is 10.1. The molecule has 0 saturated heterocycles. The molecule has 0 bridgehead atoms. The molecule has 0 saturated carbocycles. The van der Waals surface area contributed by atoms with Gasteiger partial charge in [-0.1, -0.05) is 37.6 Å². The van der Waals surface area contributed by atoms with Crippen LogP contribution in [0.4, 0.5) is 0 Å². The van der Waals surface area contributed by atoms with Gasteiger partial charge in [-0.15, -0.1) is 0 Å². The van der Waals surface area contributed by atoms with E-state index in [1.165, 1.54) is 11.1 Å². The van der Waals surface area contributed by atoms with E-state index in [9.17, 15) is 4.79 Å². The number of benzene rings is 2. The summed E-state index contributed by atoms with van der Waals surface area (Å²) >= 11 is 0. The Morgan fingerprint density at radius 3 is 2.33 bits per heavy atom. The van der Waals surface area contributed by atoms with Gasteiger partial charge in [0, 0.05) is 31.6 Å². The first-order valence-electron chi connectivity index (χ1n) is 8.81. The SMILES string of the molecule is CCCCOc1ccc(C(=O)CCN2Cc3ccccc3C2)cc1. The number of ether oxygens (including phenoxy) is 1. The summed E-state index contributed by atoms with van der Waals surface area (Å²) in [6.45, 7) is 5.59. The van der Waals surface area contributed by atoms with Gasteiger partial charge in [-0.3, -0.25) is 9.69 Å². The second kappa shape index (κ2) is 8.11. The van der Waals surface area contributed by atoms with Crippen molar-refractivity contribution in [3.63, 3.8) is 0 Å². The van der Waals surface area contributed by atoms with E-state index in [-0.39, 0.29) is 5.78 Å². The Bertz CT molecular complexity index is 653. The topological polar surface area (TPSA) is 29.5 Å². The van der Waals surface area contributed by atoms with E-state index in [1.54, 1.807) is 0 Å². The molecule has 0 aliphatic carbocycles. The van der Waals surface area contributed by atoms with Crippen molar-refractivity contribution in [2.75, 3.05) is 13.2 Å². The normalized spacial score (nSPS) is 13.7. The van der Waals surface area contributed by atoms with Crippen LogP contribution in [0.1, 0.15) is 47.7 Å². The molecule has 2 aromatic carbocycles. The Hall–Kier alpha value is -2.13. The Labute approximate surface area is 144 Å². The number of ketones is 1. The summed E-state index contributed by atoms with van der Waals surface area (Å²) in [5.41, 5.74) is 3.55. The van der Waals surface area contributed by atoms with E-state index < -0.39 is 0 Å². The van der Waals surface area contributed by atoms with Crippen LogP contribution in [0.25, 0.3) is 0 Å². The fourth-order valence-corrected chi connectivity index (χ4v) is 3.04. The number of fused-ring (bicyclic) bond motifs is 1. The Kier molecular flexibility index (Phi) is 5.65. The summed E-state index contributed by atoms with van der Waals surface area (Å²) in [4.78, 5) is 14.7. The van der Waals surface area contributed by atoms with E-state index in [4.69, 9.17) is 4.74 Å². The second-order valence-electron chi connectivity index (χ2n) is 6.38. The molecule has 0 unspecified atom stereocenters. The summed E-state index contributed by atoms with van der Waals surface area (Å²) in [6.07, 6.45) is 2.74. The predicted octanol–water partition coefficient (Wildman–Crippen LogP) is 4.45. The lowest BCUT2D eigenvalue weighted by Crippen LogP contribution is -2.20. The van der Waals surface area contributed by atoms with Gasteiger partial charge in [-0.2, -0.15) is 0 Å². The van der Waals surface area contributed by atoms with Gasteiger partial charge >= 0.3 is 0 Å². The van der Waals surface area contributed by atoms with Crippen LogP contribution in [-0.4, -0.2) is 23.8 Å². The third kappa shape index (κ3) is 4.24. The Balaban J connectivity index is 1.47. The number of hydrogen-bond donors (Lipinski definition) is 0.